The van der Waals surface area contributed by atoms with E-state index in [0.717, 1.165) is 23.0 Å². The molecule has 0 fully saturated rings. The van der Waals surface area contributed by atoms with Gasteiger partial charge >= 0.3 is 6.09 Å². The summed E-state index contributed by atoms with van der Waals surface area (Å²) in [7, 11) is 1.29. The van der Waals surface area contributed by atoms with E-state index in [4.69, 9.17) is 4.42 Å². The summed E-state index contributed by atoms with van der Waals surface area (Å²) in [6.45, 7) is 0.310. The van der Waals surface area contributed by atoms with Gasteiger partial charge in [0.2, 0.25) is 0 Å². The number of furan rings is 1. The summed E-state index contributed by atoms with van der Waals surface area (Å²) in [5.74, 6) is -0.0438. The zero-order chi connectivity index (χ0) is 23.4. The molecule has 33 heavy (non-hydrogen) atoms. The number of rotatable bonds is 7. The second-order valence-corrected chi connectivity index (χ2v) is 7.39. The summed E-state index contributed by atoms with van der Waals surface area (Å²) < 4.78 is 24.0. The van der Waals surface area contributed by atoms with Crippen molar-refractivity contribution in [3.05, 3.63) is 83.2 Å². The molecule has 0 bridgehead atoms. The first kappa shape index (κ1) is 22.0. The molecule has 0 unspecified atom stereocenters. The summed E-state index contributed by atoms with van der Waals surface area (Å²) in [4.78, 5) is 34.8. The fourth-order valence-corrected chi connectivity index (χ4v) is 3.76. The quantitative estimate of drug-likeness (QED) is 0.384. The molecule has 0 aliphatic rings. The van der Waals surface area contributed by atoms with Crippen molar-refractivity contribution in [1.82, 2.24) is 5.32 Å². The van der Waals surface area contributed by atoms with Crippen LogP contribution in [0.2, 0.25) is 0 Å². The largest absolute Gasteiger partial charge is 0.455 e. The number of carbonyl (C=O) groups is 3. The molecule has 0 spiro atoms. The molecule has 3 aromatic carbocycles. The Hall–Kier alpha value is -4.26. The van der Waals surface area contributed by atoms with Gasteiger partial charge in [0.15, 0.2) is 6.29 Å². The van der Waals surface area contributed by atoms with Crippen molar-refractivity contribution in [2.24, 2.45) is 0 Å². The monoisotopic (exact) mass is 445 g/mol. The van der Waals surface area contributed by atoms with Gasteiger partial charge in [-0.05, 0) is 65.6 Å². The van der Waals surface area contributed by atoms with Gasteiger partial charge in [-0.1, -0.05) is 18.2 Å². The van der Waals surface area contributed by atoms with E-state index in [-0.39, 0.29) is 5.82 Å². The smallest absolute Gasteiger partial charge is 0.406 e. The fourth-order valence-electron chi connectivity index (χ4n) is 3.76. The molecule has 0 saturated heterocycles. The lowest BCUT2D eigenvalue weighted by Gasteiger charge is -2.11. The standard InChI is InChI=1S/C26H20FNO5/c1-32-26(31)28-10-9-19-12-24-22(13-21(19)18-4-2-3-16(11-18)14-29)23(15-30)25(33-24)17-5-7-20(27)8-6-17/h2-8,11-15H,9-10H2,1H3,(H,28,31). The van der Waals surface area contributed by atoms with Crippen molar-refractivity contribution in [3.8, 4) is 22.5 Å². The Kier molecular flexibility index (Phi) is 6.31. The Balaban J connectivity index is 1.87. The number of benzene rings is 3. The van der Waals surface area contributed by atoms with E-state index in [0.29, 0.717) is 52.7 Å². The number of fused-ring (bicyclic) bond motifs is 1. The van der Waals surface area contributed by atoms with Gasteiger partial charge in [0.05, 0.1) is 12.7 Å². The van der Waals surface area contributed by atoms with Crippen molar-refractivity contribution >= 4 is 29.6 Å². The lowest BCUT2D eigenvalue weighted by molar-refractivity contribution is 0.111. The van der Waals surface area contributed by atoms with E-state index in [1.807, 2.05) is 18.2 Å². The van der Waals surface area contributed by atoms with E-state index in [2.05, 4.69) is 10.1 Å². The molecule has 0 radical (unpaired) electrons. The van der Waals surface area contributed by atoms with Gasteiger partial charge in [-0.3, -0.25) is 9.59 Å². The first-order chi connectivity index (χ1) is 16.0. The first-order valence-corrected chi connectivity index (χ1v) is 10.2. The highest BCUT2D eigenvalue weighted by Gasteiger charge is 2.19. The highest BCUT2D eigenvalue weighted by molar-refractivity contribution is 6.04. The number of hydrogen-bond acceptors (Lipinski definition) is 5. The number of methoxy groups -OCH3 is 1. The van der Waals surface area contributed by atoms with E-state index < -0.39 is 6.09 Å². The molecule has 1 aromatic heterocycles. The van der Waals surface area contributed by atoms with Gasteiger partial charge in [0.25, 0.3) is 0 Å². The zero-order valence-electron chi connectivity index (χ0n) is 17.8. The molecule has 4 aromatic rings. The summed E-state index contributed by atoms with van der Waals surface area (Å²) in [6.07, 6.45) is 1.39. The Bertz CT molecular complexity index is 1340. The van der Waals surface area contributed by atoms with Crippen LogP contribution in [0.15, 0.2) is 65.1 Å². The maximum absolute atomic E-state index is 13.4. The molecule has 1 N–H and O–H groups in total. The topological polar surface area (TPSA) is 85.6 Å². The molecule has 0 atom stereocenters. The van der Waals surface area contributed by atoms with E-state index in [1.54, 1.807) is 30.3 Å². The second-order valence-electron chi connectivity index (χ2n) is 7.39. The lowest BCUT2D eigenvalue weighted by atomic mass is 9.94. The van der Waals surface area contributed by atoms with Crippen LogP contribution in [-0.4, -0.2) is 32.3 Å². The number of ether oxygens (including phenoxy) is 1. The van der Waals surface area contributed by atoms with Gasteiger partial charge in [0.1, 0.15) is 23.4 Å². The van der Waals surface area contributed by atoms with E-state index >= 15 is 0 Å². The number of nitrogens with one attached hydrogen (secondary N) is 1. The summed E-state index contributed by atoms with van der Waals surface area (Å²) in [5.41, 5.74) is 4.36. The van der Waals surface area contributed by atoms with Crippen LogP contribution in [0.4, 0.5) is 9.18 Å². The minimum absolute atomic E-state index is 0.310. The number of aldehydes is 2. The van der Waals surface area contributed by atoms with Crippen LogP contribution < -0.4 is 5.32 Å². The Morgan fingerprint density at radius 2 is 1.82 bits per heavy atom. The molecular weight excluding hydrogens is 425 g/mol. The number of amides is 1. The second kappa shape index (κ2) is 9.48. The predicted molar refractivity (Wildman–Crippen MR) is 122 cm³/mol. The van der Waals surface area contributed by atoms with Crippen LogP contribution in [0.5, 0.6) is 0 Å². The normalized spacial score (nSPS) is 10.7. The van der Waals surface area contributed by atoms with Crippen molar-refractivity contribution in [2.45, 2.75) is 6.42 Å². The third-order valence-electron chi connectivity index (χ3n) is 5.36. The summed E-state index contributed by atoms with van der Waals surface area (Å²) >= 11 is 0. The van der Waals surface area contributed by atoms with Crippen molar-refractivity contribution < 1.29 is 27.9 Å². The SMILES string of the molecule is COC(=O)NCCc1cc2oc(-c3ccc(F)cc3)c(C=O)c2cc1-c1cccc(C=O)c1. The average molecular weight is 445 g/mol. The van der Waals surface area contributed by atoms with Crippen LogP contribution in [-0.2, 0) is 11.2 Å². The van der Waals surface area contributed by atoms with Crippen LogP contribution in [0, 0.1) is 5.82 Å². The zero-order valence-corrected chi connectivity index (χ0v) is 17.8. The predicted octanol–water partition coefficient (Wildman–Crippen LogP) is 5.43. The van der Waals surface area contributed by atoms with Gasteiger partial charge in [-0.25, -0.2) is 9.18 Å². The molecule has 1 amide bonds. The van der Waals surface area contributed by atoms with Gasteiger partial charge in [0, 0.05) is 23.1 Å². The van der Waals surface area contributed by atoms with E-state index in [9.17, 15) is 18.8 Å². The molecule has 1 heterocycles. The van der Waals surface area contributed by atoms with Crippen LogP contribution in [0.3, 0.4) is 0 Å². The lowest BCUT2D eigenvalue weighted by Crippen LogP contribution is -2.25. The molecule has 0 saturated carbocycles. The fraction of sp³-hybridized carbons (Fsp3) is 0.115. The molecule has 4 rings (SSSR count). The molecular formula is C26H20FNO5. The highest BCUT2D eigenvalue weighted by Crippen LogP contribution is 2.37. The number of hydrogen-bond donors (Lipinski definition) is 1. The van der Waals surface area contributed by atoms with E-state index in [1.165, 1.54) is 19.2 Å². The molecule has 0 aliphatic heterocycles. The maximum atomic E-state index is 13.4. The third kappa shape index (κ3) is 4.52. The van der Waals surface area contributed by atoms with Gasteiger partial charge in [-0.2, -0.15) is 0 Å². The number of alkyl carbamates (subject to hydrolysis) is 1. The third-order valence-corrected chi connectivity index (χ3v) is 5.36. The van der Waals surface area contributed by atoms with Gasteiger partial charge in [-0.15, -0.1) is 0 Å². The Labute approximate surface area is 189 Å². The minimum atomic E-state index is -0.541. The van der Waals surface area contributed by atoms with Gasteiger partial charge < -0.3 is 14.5 Å². The average Bonchev–Trinajstić information content (AvgIpc) is 3.21. The molecule has 7 heteroatoms. The van der Waals surface area contributed by atoms with Crippen molar-refractivity contribution in [3.63, 3.8) is 0 Å². The number of carbonyl (C=O) groups excluding carboxylic acids is 3. The minimum Gasteiger partial charge on any atom is -0.455 e. The molecule has 166 valence electrons. The summed E-state index contributed by atoms with van der Waals surface area (Å²) in [5, 5.41) is 3.25. The van der Waals surface area contributed by atoms with Crippen LogP contribution in [0.1, 0.15) is 26.3 Å². The first-order valence-electron chi connectivity index (χ1n) is 10.2. The molecule has 6 nitrogen and oxygen atoms in total. The van der Waals surface area contributed by atoms with Crippen molar-refractivity contribution in [2.75, 3.05) is 13.7 Å². The highest BCUT2D eigenvalue weighted by atomic mass is 19.1. The maximum Gasteiger partial charge on any atom is 0.406 e. The Morgan fingerprint density at radius 1 is 1.03 bits per heavy atom. The van der Waals surface area contributed by atoms with Crippen LogP contribution >= 0.6 is 0 Å². The van der Waals surface area contributed by atoms with Crippen LogP contribution in [0.25, 0.3) is 33.4 Å². The molecule has 0 aliphatic carbocycles. The summed E-state index contributed by atoms with van der Waals surface area (Å²) in [6, 6.07) is 16.5. The Morgan fingerprint density at radius 3 is 2.52 bits per heavy atom. The van der Waals surface area contributed by atoms with Crippen molar-refractivity contribution in [1.29, 1.82) is 0 Å². The number of halogens is 1.